The van der Waals surface area contributed by atoms with Crippen LogP contribution in [-0.4, -0.2) is 17.8 Å². The van der Waals surface area contributed by atoms with Crippen molar-refractivity contribution in [1.82, 2.24) is 9.36 Å². The third kappa shape index (κ3) is 3.15. The number of hydrogen-bond acceptors (Lipinski definition) is 3. The van der Waals surface area contributed by atoms with Crippen molar-refractivity contribution in [2.45, 2.75) is 18.7 Å². The summed E-state index contributed by atoms with van der Waals surface area (Å²) < 4.78 is 30.9. The lowest BCUT2D eigenvalue weighted by Crippen LogP contribution is -2.23. The van der Waals surface area contributed by atoms with E-state index < -0.39 is 15.6 Å². The maximum absolute atomic E-state index is 12.8. The van der Waals surface area contributed by atoms with Gasteiger partial charge in [-0.2, -0.15) is 0 Å². The number of nitrogens with one attached hydrogen (secondary N) is 1. The first-order valence-electron chi connectivity index (χ1n) is 7.85. The lowest BCUT2D eigenvalue weighted by atomic mass is 10.2. The Kier molecular flexibility index (Phi) is 4.68. The zero-order valence-electron chi connectivity index (χ0n) is 14.5. The summed E-state index contributed by atoms with van der Waals surface area (Å²) in [6, 6.07) is 13.6. The Balaban J connectivity index is 2.10. The van der Waals surface area contributed by atoms with E-state index >= 15 is 0 Å². The van der Waals surface area contributed by atoms with E-state index in [1.165, 1.54) is 10.7 Å². The molecule has 3 aromatic rings. The number of para-hydroxylation sites is 1. The quantitative estimate of drug-likeness (QED) is 0.741. The van der Waals surface area contributed by atoms with Gasteiger partial charge in [-0.05, 0) is 43.7 Å². The SMILES string of the molecule is Cc1ccc(S(=O)(=O)Nc2c(C)n(C)n(-c3ccccc3)c2=O)c(Cl)c1. The van der Waals surface area contributed by atoms with Gasteiger partial charge in [-0.25, -0.2) is 13.1 Å². The van der Waals surface area contributed by atoms with E-state index in [1.807, 2.05) is 13.0 Å². The first-order valence-corrected chi connectivity index (χ1v) is 9.71. The molecule has 0 amide bonds. The smallest absolute Gasteiger partial charge is 0.283 e. The Hall–Kier alpha value is -2.51. The Morgan fingerprint density at radius 3 is 2.31 bits per heavy atom. The minimum absolute atomic E-state index is 0.00649. The zero-order chi connectivity index (χ0) is 19.1. The van der Waals surface area contributed by atoms with E-state index in [1.54, 1.807) is 55.1 Å². The molecule has 2 aromatic carbocycles. The van der Waals surface area contributed by atoms with Crippen LogP contribution >= 0.6 is 11.6 Å². The molecule has 1 N–H and O–H groups in total. The summed E-state index contributed by atoms with van der Waals surface area (Å²) in [5.74, 6) is 0. The molecule has 0 bridgehead atoms. The fourth-order valence-corrected chi connectivity index (χ4v) is 4.42. The van der Waals surface area contributed by atoms with Crippen LogP contribution in [0.3, 0.4) is 0 Å². The topological polar surface area (TPSA) is 73.1 Å². The molecule has 0 saturated heterocycles. The molecular weight excluding hydrogens is 374 g/mol. The van der Waals surface area contributed by atoms with Gasteiger partial charge in [-0.1, -0.05) is 35.9 Å². The van der Waals surface area contributed by atoms with Crippen molar-refractivity contribution in [3.05, 3.63) is 75.2 Å². The highest BCUT2D eigenvalue weighted by atomic mass is 35.5. The molecule has 0 aliphatic carbocycles. The van der Waals surface area contributed by atoms with Crippen LogP contribution in [-0.2, 0) is 17.1 Å². The van der Waals surface area contributed by atoms with Crippen LogP contribution < -0.4 is 10.3 Å². The van der Waals surface area contributed by atoms with Crippen molar-refractivity contribution in [1.29, 1.82) is 0 Å². The predicted molar refractivity (Wildman–Crippen MR) is 103 cm³/mol. The number of nitrogens with zero attached hydrogens (tertiary/aromatic N) is 2. The maximum atomic E-state index is 12.8. The van der Waals surface area contributed by atoms with Gasteiger partial charge in [-0.15, -0.1) is 0 Å². The van der Waals surface area contributed by atoms with Crippen LogP contribution in [0.4, 0.5) is 5.69 Å². The normalized spacial score (nSPS) is 11.5. The second kappa shape index (κ2) is 6.66. The van der Waals surface area contributed by atoms with Crippen molar-refractivity contribution < 1.29 is 8.42 Å². The Morgan fingerprint density at radius 2 is 1.69 bits per heavy atom. The number of aryl methyl sites for hydroxylation is 1. The van der Waals surface area contributed by atoms with Crippen LogP contribution in [0.1, 0.15) is 11.3 Å². The summed E-state index contributed by atoms with van der Waals surface area (Å²) in [5, 5.41) is 0.106. The summed E-state index contributed by atoms with van der Waals surface area (Å²) in [4.78, 5) is 12.8. The molecule has 26 heavy (non-hydrogen) atoms. The minimum atomic E-state index is -4.00. The third-order valence-electron chi connectivity index (χ3n) is 4.17. The van der Waals surface area contributed by atoms with Gasteiger partial charge >= 0.3 is 0 Å². The van der Waals surface area contributed by atoms with E-state index in [4.69, 9.17) is 11.6 Å². The van der Waals surface area contributed by atoms with E-state index in [0.29, 0.717) is 11.4 Å². The standard InChI is InChI=1S/C18H18ClN3O3S/c1-12-9-10-16(15(19)11-12)26(24,25)20-17-13(2)21(3)22(18(17)23)14-7-5-4-6-8-14/h4-11,20H,1-3H3. The Morgan fingerprint density at radius 1 is 1.04 bits per heavy atom. The molecule has 1 aromatic heterocycles. The summed E-state index contributed by atoms with van der Waals surface area (Å²) in [5.41, 5.74) is 1.51. The average Bonchev–Trinajstić information content (AvgIpc) is 2.78. The molecule has 0 aliphatic heterocycles. The molecule has 0 saturated carbocycles. The number of benzene rings is 2. The highest BCUT2D eigenvalue weighted by molar-refractivity contribution is 7.92. The lowest BCUT2D eigenvalue weighted by molar-refractivity contribution is 0.601. The Bertz CT molecular complexity index is 1130. The molecule has 3 rings (SSSR count). The number of aromatic nitrogens is 2. The van der Waals surface area contributed by atoms with E-state index in [0.717, 1.165) is 5.56 Å². The molecule has 0 aliphatic rings. The molecular formula is C18H18ClN3O3S. The van der Waals surface area contributed by atoms with Crippen molar-refractivity contribution in [3.8, 4) is 5.69 Å². The van der Waals surface area contributed by atoms with Crippen molar-refractivity contribution in [3.63, 3.8) is 0 Å². The largest absolute Gasteiger partial charge is 0.296 e. The lowest BCUT2D eigenvalue weighted by Gasteiger charge is -2.09. The first-order chi connectivity index (χ1) is 12.2. The van der Waals surface area contributed by atoms with Gasteiger partial charge in [0.2, 0.25) is 0 Å². The molecule has 8 heteroatoms. The van der Waals surface area contributed by atoms with Gasteiger partial charge in [0.15, 0.2) is 0 Å². The molecule has 136 valence electrons. The van der Waals surface area contributed by atoms with E-state index in [-0.39, 0.29) is 15.6 Å². The summed E-state index contributed by atoms with van der Waals surface area (Å²) in [6.45, 7) is 3.49. The first kappa shape index (κ1) is 18.3. The number of rotatable bonds is 4. The summed E-state index contributed by atoms with van der Waals surface area (Å²) >= 11 is 6.08. The van der Waals surface area contributed by atoms with Crippen molar-refractivity contribution in [2.24, 2.45) is 7.05 Å². The molecule has 1 heterocycles. The number of anilines is 1. The molecule has 0 atom stereocenters. The molecule has 0 fully saturated rings. The van der Waals surface area contributed by atoms with Crippen molar-refractivity contribution in [2.75, 3.05) is 4.72 Å². The predicted octanol–water partition coefficient (Wildman–Crippen LogP) is 3.25. The molecule has 6 nitrogen and oxygen atoms in total. The van der Waals surface area contributed by atoms with Crippen LogP contribution in [0.15, 0.2) is 58.2 Å². The number of sulfonamides is 1. The number of halogens is 1. The second-order valence-electron chi connectivity index (χ2n) is 5.98. The molecule has 0 spiro atoms. The Labute approximate surface area is 156 Å². The molecule has 0 radical (unpaired) electrons. The zero-order valence-corrected chi connectivity index (χ0v) is 16.1. The fourth-order valence-electron chi connectivity index (χ4n) is 2.70. The van der Waals surface area contributed by atoms with Gasteiger partial charge in [-0.3, -0.25) is 14.2 Å². The average molecular weight is 392 g/mol. The highest BCUT2D eigenvalue weighted by Crippen LogP contribution is 2.25. The fraction of sp³-hybridized carbons (Fsp3) is 0.167. The van der Waals surface area contributed by atoms with Gasteiger partial charge in [0.25, 0.3) is 15.6 Å². The van der Waals surface area contributed by atoms with Gasteiger partial charge in [0.05, 0.1) is 16.4 Å². The van der Waals surface area contributed by atoms with Gasteiger partial charge < -0.3 is 0 Å². The van der Waals surface area contributed by atoms with Crippen LogP contribution in [0.5, 0.6) is 0 Å². The summed E-state index contributed by atoms with van der Waals surface area (Å²) in [7, 11) is -2.31. The highest BCUT2D eigenvalue weighted by Gasteiger charge is 2.24. The summed E-state index contributed by atoms with van der Waals surface area (Å²) in [6.07, 6.45) is 0. The van der Waals surface area contributed by atoms with Crippen molar-refractivity contribution >= 4 is 27.3 Å². The van der Waals surface area contributed by atoms with Gasteiger partial charge in [0.1, 0.15) is 10.6 Å². The minimum Gasteiger partial charge on any atom is -0.283 e. The molecule has 0 unspecified atom stereocenters. The van der Waals surface area contributed by atoms with E-state index in [9.17, 15) is 13.2 Å². The van der Waals surface area contributed by atoms with Crippen LogP contribution in [0.25, 0.3) is 5.69 Å². The van der Waals surface area contributed by atoms with E-state index in [2.05, 4.69) is 4.72 Å². The number of hydrogen-bond donors (Lipinski definition) is 1. The maximum Gasteiger partial charge on any atom is 0.296 e. The third-order valence-corrected chi connectivity index (χ3v) is 6.00. The van der Waals surface area contributed by atoms with Gasteiger partial charge in [0, 0.05) is 7.05 Å². The second-order valence-corrected chi connectivity index (χ2v) is 8.03. The van der Waals surface area contributed by atoms with Crippen LogP contribution in [0, 0.1) is 13.8 Å². The monoisotopic (exact) mass is 391 g/mol. The van der Waals surface area contributed by atoms with Crippen LogP contribution in [0.2, 0.25) is 5.02 Å².